The average molecular weight is 262 g/mol. The van der Waals surface area contributed by atoms with Crippen LogP contribution in [-0.2, 0) is 14.6 Å². The highest BCUT2D eigenvalue weighted by atomic mass is 32.2. The van der Waals surface area contributed by atoms with Crippen LogP contribution in [0.4, 0.5) is 0 Å². The zero-order valence-electron chi connectivity index (χ0n) is 10.7. The van der Waals surface area contributed by atoms with Crippen molar-refractivity contribution in [2.24, 2.45) is 5.73 Å². The Morgan fingerprint density at radius 2 is 1.76 bits per heavy atom. The zero-order valence-corrected chi connectivity index (χ0v) is 11.5. The van der Waals surface area contributed by atoms with Gasteiger partial charge >= 0.3 is 0 Å². The van der Waals surface area contributed by atoms with Crippen LogP contribution < -0.4 is 5.73 Å². The molecule has 17 heavy (non-hydrogen) atoms. The highest BCUT2D eigenvalue weighted by Crippen LogP contribution is 2.22. The molecule has 5 nitrogen and oxygen atoms in total. The minimum Gasteiger partial charge on any atom is -0.342 e. The third-order valence-corrected chi connectivity index (χ3v) is 5.11. The first kappa shape index (κ1) is 14.4. The first-order valence-corrected chi connectivity index (χ1v) is 7.90. The fraction of sp³-hybridized carbons (Fsp3) is 0.909. The van der Waals surface area contributed by atoms with Crippen LogP contribution in [0, 0.1) is 0 Å². The molecule has 0 bridgehead atoms. The fourth-order valence-electron chi connectivity index (χ4n) is 2.14. The molecule has 0 saturated heterocycles. The predicted octanol–water partition coefficient (Wildman–Crippen LogP) is 0.148. The molecule has 1 aliphatic rings. The van der Waals surface area contributed by atoms with Gasteiger partial charge < -0.3 is 10.6 Å². The van der Waals surface area contributed by atoms with Gasteiger partial charge in [-0.25, -0.2) is 8.42 Å². The summed E-state index contributed by atoms with van der Waals surface area (Å²) in [6.07, 6.45) is 4.62. The van der Waals surface area contributed by atoms with Crippen LogP contribution in [0.5, 0.6) is 0 Å². The first-order chi connectivity index (χ1) is 7.73. The standard InChI is InChI=1S/C11H22N2O3S/c1-8(17(3,15)16)11(14)13(2)10-6-4-9(12)5-7-10/h8-10H,4-7,12H2,1-3H3. The monoisotopic (exact) mass is 262 g/mol. The van der Waals surface area contributed by atoms with E-state index in [0.29, 0.717) is 0 Å². The van der Waals surface area contributed by atoms with Gasteiger partial charge in [0.05, 0.1) is 0 Å². The Hall–Kier alpha value is -0.620. The van der Waals surface area contributed by atoms with Gasteiger partial charge in [-0.2, -0.15) is 0 Å². The van der Waals surface area contributed by atoms with Gasteiger partial charge in [-0.1, -0.05) is 0 Å². The van der Waals surface area contributed by atoms with Crippen LogP contribution in [0.3, 0.4) is 0 Å². The molecular formula is C11H22N2O3S. The minimum absolute atomic E-state index is 0.131. The SMILES string of the molecule is CC(C(=O)N(C)C1CCC(N)CC1)S(C)(=O)=O. The highest BCUT2D eigenvalue weighted by Gasteiger charge is 2.31. The lowest BCUT2D eigenvalue weighted by atomic mass is 9.91. The number of carbonyl (C=O) groups excluding carboxylic acids is 1. The number of rotatable bonds is 3. The van der Waals surface area contributed by atoms with Crippen molar-refractivity contribution in [2.75, 3.05) is 13.3 Å². The summed E-state index contributed by atoms with van der Waals surface area (Å²) >= 11 is 0. The van der Waals surface area contributed by atoms with Crippen molar-refractivity contribution in [3.05, 3.63) is 0 Å². The van der Waals surface area contributed by atoms with Gasteiger partial charge in [0.1, 0.15) is 5.25 Å². The minimum atomic E-state index is -3.31. The summed E-state index contributed by atoms with van der Waals surface area (Å²) < 4.78 is 22.7. The molecule has 0 heterocycles. The lowest BCUT2D eigenvalue weighted by molar-refractivity contribution is -0.131. The van der Waals surface area contributed by atoms with E-state index in [4.69, 9.17) is 5.73 Å². The zero-order chi connectivity index (χ0) is 13.2. The quantitative estimate of drug-likeness (QED) is 0.785. The predicted molar refractivity (Wildman–Crippen MR) is 67.3 cm³/mol. The Balaban J connectivity index is 2.64. The Bertz CT molecular complexity index is 372. The number of nitrogens with zero attached hydrogens (tertiary/aromatic N) is 1. The molecule has 0 spiro atoms. The Labute approximate surface area is 103 Å². The summed E-state index contributed by atoms with van der Waals surface area (Å²) in [6.45, 7) is 1.45. The second-order valence-electron chi connectivity index (χ2n) is 4.99. The summed E-state index contributed by atoms with van der Waals surface area (Å²) in [5, 5.41) is -0.955. The molecule has 1 aliphatic carbocycles. The molecule has 1 atom stereocenters. The van der Waals surface area contributed by atoms with E-state index < -0.39 is 15.1 Å². The molecule has 2 N–H and O–H groups in total. The van der Waals surface area contributed by atoms with E-state index in [2.05, 4.69) is 0 Å². The van der Waals surface area contributed by atoms with Crippen LogP contribution >= 0.6 is 0 Å². The number of hydrogen-bond donors (Lipinski definition) is 1. The molecule has 0 aromatic rings. The van der Waals surface area contributed by atoms with Gasteiger partial charge in [-0.3, -0.25) is 4.79 Å². The number of nitrogens with two attached hydrogens (primary N) is 1. The molecule has 1 unspecified atom stereocenters. The van der Waals surface area contributed by atoms with Crippen molar-refractivity contribution >= 4 is 15.7 Å². The van der Waals surface area contributed by atoms with E-state index in [1.165, 1.54) is 6.92 Å². The van der Waals surface area contributed by atoms with Crippen LogP contribution in [0.2, 0.25) is 0 Å². The maximum absolute atomic E-state index is 12.0. The molecule has 0 aromatic heterocycles. The molecule has 1 rings (SSSR count). The molecule has 1 saturated carbocycles. The van der Waals surface area contributed by atoms with Crippen LogP contribution in [0.25, 0.3) is 0 Å². The molecular weight excluding hydrogens is 240 g/mol. The molecule has 6 heteroatoms. The van der Waals surface area contributed by atoms with Crippen molar-refractivity contribution in [1.82, 2.24) is 4.90 Å². The fourth-order valence-corrected chi connectivity index (χ4v) is 2.67. The summed E-state index contributed by atoms with van der Waals surface area (Å²) in [4.78, 5) is 13.6. The van der Waals surface area contributed by atoms with Crippen molar-refractivity contribution in [1.29, 1.82) is 0 Å². The van der Waals surface area contributed by atoms with Crippen molar-refractivity contribution < 1.29 is 13.2 Å². The van der Waals surface area contributed by atoms with Crippen molar-refractivity contribution in [2.45, 2.75) is 49.9 Å². The first-order valence-electron chi connectivity index (χ1n) is 5.94. The van der Waals surface area contributed by atoms with Gasteiger partial charge in [0, 0.05) is 25.4 Å². The van der Waals surface area contributed by atoms with Gasteiger partial charge in [-0.15, -0.1) is 0 Å². The van der Waals surface area contributed by atoms with Crippen molar-refractivity contribution in [3.63, 3.8) is 0 Å². The Morgan fingerprint density at radius 1 is 1.29 bits per heavy atom. The number of amides is 1. The number of carbonyl (C=O) groups is 1. The average Bonchev–Trinajstić information content (AvgIpc) is 2.26. The lowest BCUT2D eigenvalue weighted by Crippen LogP contribution is -2.46. The van der Waals surface area contributed by atoms with Gasteiger partial charge in [-0.05, 0) is 32.6 Å². The summed E-state index contributed by atoms with van der Waals surface area (Å²) in [7, 11) is -1.63. The van der Waals surface area contributed by atoms with Crippen LogP contribution in [0.1, 0.15) is 32.6 Å². The van der Waals surface area contributed by atoms with Gasteiger partial charge in [0.15, 0.2) is 9.84 Å². The normalized spacial score (nSPS) is 27.5. The van der Waals surface area contributed by atoms with E-state index >= 15 is 0 Å². The molecule has 1 amide bonds. The highest BCUT2D eigenvalue weighted by molar-refractivity contribution is 7.92. The third-order valence-electron chi connectivity index (χ3n) is 3.63. The smallest absolute Gasteiger partial charge is 0.240 e. The Kier molecular flexibility index (Phi) is 4.55. The van der Waals surface area contributed by atoms with Crippen LogP contribution in [0.15, 0.2) is 0 Å². The van der Waals surface area contributed by atoms with E-state index in [0.717, 1.165) is 31.9 Å². The number of sulfone groups is 1. The molecule has 0 aromatic carbocycles. The maximum Gasteiger partial charge on any atom is 0.240 e. The van der Waals surface area contributed by atoms with E-state index in [9.17, 15) is 13.2 Å². The van der Waals surface area contributed by atoms with E-state index in [1.807, 2.05) is 0 Å². The van der Waals surface area contributed by atoms with Crippen molar-refractivity contribution in [3.8, 4) is 0 Å². The van der Waals surface area contributed by atoms with Gasteiger partial charge in [0.2, 0.25) is 5.91 Å². The lowest BCUT2D eigenvalue weighted by Gasteiger charge is -2.34. The van der Waals surface area contributed by atoms with Gasteiger partial charge in [0.25, 0.3) is 0 Å². The van der Waals surface area contributed by atoms with E-state index in [1.54, 1.807) is 11.9 Å². The topological polar surface area (TPSA) is 80.5 Å². The Morgan fingerprint density at radius 3 is 2.18 bits per heavy atom. The maximum atomic E-state index is 12.0. The molecule has 0 aliphatic heterocycles. The molecule has 0 radical (unpaired) electrons. The summed E-state index contributed by atoms with van der Waals surface area (Å²) in [5.74, 6) is -0.312. The second-order valence-corrected chi connectivity index (χ2v) is 7.36. The number of hydrogen-bond acceptors (Lipinski definition) is 4. The second kappa shape index (κ2) is 5.35. The third kappa shape index (κ3) is 3.67. The largest absolute Gasteiger partial charge is 0.342 e. The van der Waals surface area contributed by atoms with Crippen LogP contribution in [-0.4, -0.2) is 49.9 Å². The summed E-state index contributed by atoms with van der Waals surface area (Å²) in [6, 6.07) is 0.355. The summed E-state index contributed by atoms with van der Waals surface area (Å²) in [5.41, 5.74) is 5.80. The van der Waals surface area contributed by atoms with E-state index in [-0.39, 0.29) is 18.0 Å². The molecule has 1 fully saturated rings. The molecule has 100 valence electrons.